The van der Waals surface area contributed by atoms with Crippen molar-refractivity contribution in [1.82, 2.24) is 0 Å². The minimum Gasteiger partial charge on any atom is -0.392 e. The maximum absolute atomic E-state index is 12.4. The fourth-order valence-electron chi connectivity index (χ4n) is 1.51. The summed E-state index contributed by atoms with van der Waals surface area (Å²) in [6, 6.07) is 4.96. The van der Waals surface area contributed by atoms with Crippen molar-refractivity contribution in [2.75, 3.05) is 5.75 Å². The summed E-state index contributed by atoms with van der Waals surface area (Å²) in [6.07, 6.45) is -4.47. The average Bonchev–Trinajstić information content (AvgIpc) is 2.25. The summed E-state index contributed by atoms with van der Waals surface area (Å²) < 4.78 is 37.2. The van der Waals surface area contributed by atoms with Crippen molar-refractivity contribution in [3.05, 3.63) is 35.4 Å². The fraction of sp³-hybridized carbons (Fsp3) is 0.571. The van der Waals surface area contributed by atoms with Gasteiger partial charge in [0.05, 0.1) is 11.7 Å². The summed E-state index contributed by atoms with van der Waals surface area (Å²) in [6.45, 7) is 6.17. The quantitative estimate of drug-likeness (QED) is 0.900. The zero-order valence-corrected chi connectivity index (χ0v) is 12.1. The molecule has 0 aliphatic rings. The van der Waals surface area contributed by atoms with Crippen molar-refractivity contribution in [3.63, 3.8) is 0 Å². The zero-order chi connectivity index (χ0) is 14.7. The first-order valence-electron chi connectivity index (χ1n) is 6.06. The van der Waals surface area contributed by atoms with Gasteiger partial charge in [-0.2, -0.15) is 24.9 Å². The molecule has 1 unspecified atom stereocenters. The van der Waals surface area contributed by atoms with Crippen LogP contribution in [-0.4, -0.2) is 21.7 Å². The van der Waals surface area contributed by atoms with Crippen molar-refractivity contribution < 1.29 is 18.3 Å². The molecule has 0 saturated heterocycles. The highest BCUT2D eigenvalue weighted by molar-refractivity contribution is 8.00. The van der Waals surface area contributed by atoms with Crippen LogP contribution in [0.4, 0.5) is 13.2 Å². The van der Waals surface area contributed by atoms with Gasteiger partial charge >= 0.3 is 6.18 Å². The van der Waals surface area contributed by atoms with E-state index in [-0.39, 0.29) is 4.75 Å². The zero-order valence-electron chi connectivity index (χ0n) is 11.3. The lowest BCUT2D eigenvalue weighted by Gasteiger charge is -2.20. The maximum Gasteiger partial charge on any atom is 0.416 e. The van der Waals surface area contributed by atoms with E-state index in [1.807, 2.05) is 0 Å². The van der Waals surface area contributed by atoms with Gasteiger partial charge in [-0.1, -0.05) is 32.9 Å². The third-order valence-electron chi connectivity index (χ3n) is 2.46. The van der Waals surface area contributed by atoms with Crippen LogP contribution in [0.5, 0.6) is 0 Å². The van der Waals surface area contributed by atoms with Crippen molar-refractivity contribution in [3.8, 4) is 0 Å². The highest BCUT2D eigenvalue weighted by atomic mass is 32.2. The standard InChI is InChI=1S/C14H19F3OS/c1-13(2,3)19-9-12(18)8-10-4-6-11(7-5-10)14(15,16)17/h4-7,12,18H,8-9H2,1-3H3. The number of aliphatic hydroxyl groups excluding tert-OH is 1. The van der Waals surface area contributed by atoms with Crippen molar-refractivity contribution in [1.29, 1.82) is 0 Å². The largest absolute Gasteiger partial charge is 0.416 e. The first-order valence-corrected chi connectivity index (χ1v) is 7.04. The Balaban J connectivity index is 2.54. The van der Waals surface area contributed by atoms with Crippen LogP contribution in [0.3, 0.4) is 0 Å². The molecule has 0 heterocycles. The number of rotatable bonds is 4. The molecule has 5 heteroatoms. The van der Waals surface area contributed by atoms with Crippen LogP contribution in [0.15, 0.2) is 24.3 Å². The first-order chi connectivity index (χ1) is 8.58. The molecular weight excluding hydrogens is 273 g/mol. The minimum absolute atomic E-state index is 0.0706. The van der Waals surface area contributed by atoms with Gasteiger partial charge in [-0.3, -0.25) is 0 Å². The third-order valence-corrected chi connectivity index (χ3v) is 3.88. The molecule has 1 N–H and O–H groups in total. The van der Waals surface area contributed by atoms with Crippen LogP contribution in [0.25, 0.3) is 0 Å². The summed E-state index contributed by atoms with van der Waals surface area (Å²) in [5.41, 5.74) is 0.0600. The number of alkyl halides is 3. The Hall–Kier alpha value is -0.680. The second-order valence-electron chi connectivity index (χ2n) is 5.48. The van der Waals surface area contributed by atoms with E-state index >= 15 is 0 Å². The predicted molar refractivity (Wildman–Crippen MR) is 73.4 cm³/mol. The summed E-state index contributed by atoms with van der Waals surface area (Å²) in [5.74, 6) is 0.574. The average molecular weight is 292 g/mol. The molecule has 0 aliphatic carbocycles. The van der Waals surface area contributed by atoms with Gasteiger partial charge in [-0.25, -0.2) is 0 Å². The first kappa shape index (κ1) is 16.4. The molecular formula is C14H19F3OS. The maximum atomic E-state index is 12.4. The van der Waals surface area contributed by atoms with Crippen molar-refractivity contribution >= 4 is 11.8 Å². The van der Waals surface area contributed by atoms with Gasteiger partial charge in [0.2, 0.25) is 0 Å². The molecule has 0 radical (unpaired) electrons. The van der Waals surface area contributed by atoms with E-state index in [2.05, 4.69) is 20.8 Å². The van der Waals surface area contributed by atoms with Crippen LogP contribution in [-0.2, 0) is 12.6 Å². The molecule has 1 rings (SSSR count). The summed E-state index contributed by atoms with van der Waals surface area (Å²) in [5, 5.41) is 9.85. The summed E-state index contributed by atoms with van der Waals surface area (Å²) in [4.78, 5) is 0. The summed E-state index contributed by atoms with van der Waals surface area (Å²) >= 11 is 1.64. The van der Waals surface area contributed by atoms with E-state index in [0.717, 1.165) is 17.7 Å². The Kier molecular flexibility index (Phi) is 5.33. The van der Waals surface area contributed by atoms with Gasteiger partial charge in [-0.15, -0.1) is 0 Å². The van der Waals surface area contributed by atoms with E-state index < -0.39 is 17.8 Å². The molecule has 1 nitrogen and oxygen atoms in total. The van der Waals surface area contributed by atoms with Crippen molar-refractivity contribution in [2.45, 2.75) is 44.2 Å². The van der Waals surface area contributed by atoms with Gasteiger partial charge in [0.1, 0.15) is 0 Å². The highest BCUT2D eigenvalue weighted by Crippen LogP contribution is 2.29. The van der Waals surface area contributed by atoms with Crippen LogP contribution >= 0.6 is 11.8 Å². The lowest BCUT2D eigenvalue weighted by Crippen LogP contribution is -2.19. The van der Waals surface area contributed by atoms with Gasteiger partial charge in [-0.05, 0) is 24.1 Å². The monoisotopic (exact) mass is 292 g/mol. The molecule has 0 aliphatic heterocycles. The van der Waals surface area contributed by atoms with Crippen LogP contribution in [0.2, 0.25) is 0 Å². The predicted octanol–water partition coefficient (Wildman–Crippen LogP) is 4.14. The van der Waals surface area contributed by atoms with Crippen LogP contribution < -0.4 is 0 Å². The molecule has 1 aromatic rings. The molecule has 0 saturated carbocycles. The minimum atomic E-state index is -4.31. The number of halogens is 3. The Bertz CT molecular complexity index is 393. The molecule has 0 aromatic heterocycles. The van der Waals surface area contributed by atoms with E-state index in [1.54, 1.807) is 11.8 Å². The lowest BCUT2D eigenvalue weighted by molar-refractivity contribution is -0.137. The van der Waals surface area contributed by atoms with E-state index in [4.69, 9.17) is 0 Å². The number of benzene rings is 1. The molecule has 19 heavy (non-hydrogen) atoms. The normalized spacial score (nSPS) is 14.5. The van der Waals surface area contributed by atoms with E-state index in [1.165, 1.54) is 12.1 Å². The fourth-order valence-corrected chi connectivity index (χ4v) is 2.32. The van der Waals surface area contributed by atoms with Gasteiger partial charge < -0.3 is 5.11 Å². The number of hydrogen-bond donors (Lipinski definition) is 1. The summed E-state index contributed by atoms with van der Waals surface area (Å²) in [7, 11) is 0. The van der Waals surface area contributed by atoms with Crippen LogP contribution in [0.1, 0.15) is 31.9 Å². The van der Waals surface area contributed by atoms with Crippen LogP contribution in [0, 0.1) is 0 Å². The Morgan fingerprint density at radius 2 is 1.63 bits per heavy atom. The number of thioether (sulfide) groups is 1. The Morgan fingerprint density at radius 3 is 2.05 bits per heavy atom. The second kappa shape index (κ2) is 6.18. The third kappa shape index (κ3) is 6.34. The molecule has 1 atom stereocenters. The van der Waals surface area contributed by atoms with Gasteiger partial charge in [0, 0.05) is 10.5 Å². The molecule has 0 bridgehead atoms. The topological polar surface area (TPSA) is 20.2 Å². The molecule has 0 spiro atoms. The molecule has 1 aromatic carbocycles. The lowest BCUT2D eigenvalue weighted by atomic mass is 10.1. The van der Waals surface area contributed by atoms with Crippen molar-refractivity contribution in [2.24, 2.45) is 0 Å². The smallest absolute Gasteiger partial charge is 0.392 e. The Labute approximate surface area is 116 Å². The van der Waals surface area contributed by atoms with E-state index in [0.29, 0.717) is 12.2 Å². The molecule has 0 amide bonds. The SMILES string of the molecule is CC(C)(C)SCC(O)Cc1ccc(C(F)(F)F)cc1. The molecule has 108 valence electrons. The Morgan fingerprint density at radius 1 is 1.11 bits per heavy atom. The number of hydrogen-bond acceptors (Lipinski definition) is 2. The second-order valence-corrected chi connectivity index (χ2v) is 7.32. The highest BCUT2D eigenvalue weighted by Gasteiger charge is 2.29. The van der Waals surface area contributed by atoms with Gasteiger partial charge in [0.15, 0.2) is 0 Å². The van der Waals surface area contributed by atoms with Gasteiger partial charge in [0.25, 0.3) is 0 Å². The van der Waals surface area contributed by atoms with E-state index in [9.17, 15) is 18.3 Å². The molecule has 0 fully saturated rings. The number of aliphatic hydroxyl groups is 1.